The Morgan fingerprint density at radius 2 is 1.83 bits per heavy atom. The van der Waals surface area contributed by atoms with Crippen LogP contribution in [0.1, 0.15) is 11.4 Å². The van der Waals surface area contributed by atoms with Crippen LogP contribution in [0.4, 0.5) is 5.69 Å². The molecule has 1 N–H and O–H groups in total. The molecule has 0 bridgehead atoms. The van der Waals surface area contributed by atoms with Crippen molar-refractivity contribution < 1.29 is 0 Å². The van der Waals surface area contributed by atoms with Crippen molar-refractivity contribution in [1.82, 2.24) is 14.9 Å². The minimum absolute atomic E-state index is 0.812. The first-order valence-corrected chi connectivity index (χ1v) is 5.99. The van der Waals surface area contributed by atoms with E-state index in [0.29, 0.717) is 0 Å². The van der Waals surface area contributed by atoms with E-state index in [4.69, 9.17) is 0 Å². The van der Waals surface area contributed by atoms with Crippen molar-refractivity contribution in [2.75, 3.05) is 19.4 Å². The molecule has 4 heteroatoms. The summed E-state index contributed by atoms with van der Waals surface area (Å²) in [4.78, 5) is 10.9. The summed E-state index contributed by atoms with van der Waals surface area (Å²) in [6.45, 7) is 1.64. The van der Waals surface area contributed by atoms with E-state index in [9.17, 15) is 0 Å². The van der Waals surface area contributed by atoms with E-state index >= 15 is 0 Å². The maximum Gasteiger partial charge on any atom is 0.0564 e. The molecule has 0 amide bonds. The van der Waals surface area contributed by atoms with Crippen LogP contribution in [0.5, 0.6) is 0 Å². The lowest BCUT2D eigenvalue weighted by Gasteiger charge is -2.15. The SMILES string of the molecule is CNc1ccnc(CN(C)Cc2ccccn2)c1. The van der Waals surface area contributed by atoms with Gasteiger partial charge in [0.15, 0.2) is 0 Å². The van der Waals surface area contributed by atoms with Gasteiger partial charge < -0.3 is 5.32 Å². The van der Waals surface area contributed by atoms with E-state index in [1.165, 1.54) is 0 Å². The highest BCUT2D eigenvalue weighted by Gasteiger charge is 2.03. The Morgan fingerprint density at radius 3 is 2.56 bits per heavy atom. The maximum absolute atomic E-state index is 4.37. The van der Waals surface area contributed by atoms with E-state index in [1.54, 1.807) is 0 Å². The zero-order valence-electron chi connectivity index (χ0n) is 10.8. The first-order chi connectivity index (χ1) is 8.78. The number of hydrogen-bond donors (Lipinski definition) is 1. The first-order valence-electron chi connectivity index (χ1n) is 5.99. The van der Waals surface area contributed by atoms with Gasteiger partial charge in [0.05, 0.1) is 11.4 Å². The fourth-order valence-corrected chi connectivity index (χ4v) is 1.82. The Morgan fingerprint density at radius 1 is 1.06 bits per heavy atom. The Labute approximate surface area is 108 Å². The second-order valence-corrected chi connectivity index (χ2v) is 4.28. The third-order valence-corrected chi connectivity index (χ3v) is 2.70. The Bertz CT molecular complexity index is 484. The molecule has 0 aliphatic carbocycles. The van der Waals surface area contributed by atoms with Gasteiger partial charge in [-0.05, 0) is 31.3 Å². The van der Waals surface area contributed by atoms with Crippen molar-refractivity contribution >= 4 is 5.69 Å². The molecule has 94 valence electrons. The number of nitrogens with zero attached hydrogens (tertiary/aromatic N) is 3. The summed E-state index contributed by atoms with van der Waals surface area (Å²) < 4.78 is 0. The summed E-state index contributed by atoms with van der Waals surface area (Å²) in [7, 11) is 3.99. The van der Waals surface area contributed by atoms with Crippen LogP contribution in [0.25, 0.3) is 0 Å². The van der Waals surface area contributed by atoms with E-state index in [1.807, 2.05) is 43.7 Å². The molecule has 0 spiro atoms. The highest BCUT2D eigenvalue weighted by atomic mass is 15.1. The van der Waals surface area contributed by atoms with E-state index in [2.05, 4.69) is 33.3 Å². The van der Waals surface area contributed by atoms with Crippen molar-refractivity contribution in [3.05, 3.63) is 54.1 Å². The number of anilines is 1. The molecule has 2 heterocycles. The fourth-order valence-electron chi connectivity index (χ4n) is 1.82. The van der Waals surface area contributed by atoms with Gasteiger partial charge in [-0.1, -0.05) is 6.07 Å². The minimum atomic E-state index is 0.812. The Kier molecular flexibility index (Phi) is 4.25. The number of pyridine rings is 2. The first kappa shape index (κ1) is 12.5. The lowest BCUT2D eigenvalue weighted by atomic mass is 10.3. The molecule has 0 aliphatic rings. The van der Waals surface area contributed by atoms with Crippen molar-refractivity contribution in [3.63, 3.8) is 0 Å². The molecule has 0 fully saturated rings. The van der Waals surface area contributed by atoms with Crippen LogP contribution in [-0.4, -0.2) is 29.0 Å². The van der Waals surface area contributed by atoms with Gasteiger partial charge in [-0.3, -0.25) is 14.9 Å². The van der Waals surface area contributed by atoms with Crippen molar-refractivity contribution in [1.29, 1.82) is 0 Å². The maximum atomic E-state index is 4.37. The molecule has 0 atom stereocenters. The van der Waals surface area contributed by atoms with Gasteiger partial charge in [0.1, 0.15) is 0 Å². The summed E-state index contributed by atoms with van der Waals surface area (Å²) in [6.07, 6.45) is 3.65. The highest BCUT2D eigenvalue weighted by molar-refractivity contribution is 5.42. The molecule has 0 aromatic carbocycles. The summed E-state index contributed by atoms with van der Waals surface area (Å²) in [5, 5.41) is 3.12. The normalized spacial score (nSPS) is 10.6. The lowest BCUT2D eigenvalue weighted by Crippen LogP contribution is -2.18. The van der Waals surface area contributed by atoms with Gasteiger partial charge in [0, 0.05) is 38.2 Å². The van der Waals surface area contributed by atoms with Gasteiger partial charge in [-0.2, -0.15) is 0 Å². The monoisotopic (exact) mass is 242 g/mol. The highest BCUT2D eigenvalue weighted by Crippen LogP contribution is 2.09. The van der Waals surface area contributed by atoms with Crippen molar-refractivity contribution in [3.8, 4) is 0 Å². The van der Waals surface area contributed by atoms with Gasteiger partial charge in [-0.15, -0.1) is 0 Å². The third-order valence-electron chi connectivity index (χ3n) is 2.70. The van der Waals surface area contributed by atoms with Gasteiger partial charge in [0.25, 0.3) is 0 Å². The van der Waals surface area contributed by atoms with Crippen molar-refractivity contribution in [2.45, 2.75) is 13.1 Å². The van der Waals surface area contributed by atoms with E-state index < -0.39 is 0 Å². The molecule has 0 unspecified atom stereocenters. The van der Waals surface area contributed by atoms with Crippen LogP contribution >= 0.6 is 0 Å². The predicted octanol–water partition coefficient (Wildman–Crippen LogP) is 2.15. The Hall–Kier alpha value is -1.94. The van der Waals surface area contributed by atoms with Crippen LogP contribution in [0.3, 0.4) is 0 Å². The van der Waals surface area contributed by atoms with Crippen LogP contribution in [-0.2, 0) is 13.1 Å². The molecular weight excluding hydrogens is 224 g/mol. The molecule has 0 saturated heterocycles. The molecular formula is C14H18N4. The predicted molar refractivity (Wildman–Crippen MR) is 73.2 cm³/mol. The topological polar surface area (TPSA) is 41.1 Å². The molecule has 4 nitrogen and oxygen atoms in total. The van der Waals surface area contributed by atoms with Gasteiger partial charge in [0.2, 0.25) is 0 Å². The average Bonchev–Trinajstić information content (AvgIpc) is 2.40. The molecule has 0 radical (unpaired) electrons. The summed E-state index contributed by atoms with van der Waals surface area (Å²) in [5.41, 5.74) is 3.22. The van der Waals surface area contributed by atoms with Crippen LogP contribution < -0.4 is 5.32 Å². The zero-order chi connectivity index (χ0) is 12.8. The van der Waals surface area contributed by atoms with Crippen LogP contribution in [0.2, 0.25) is 0 Å². The van der Waals surface area contributed by atoms with E-state index in [0.717, 1.165) is 30.2 Å². The van der Waals surface area contributed by atoms with Gasteiger partial charge >= 0.3 is 0 Å². The molecule has 0 aliphatic heterocycles. The van der Waals surface area contributed by atoms with Crippen molar-refractivity contribution in [2.24, 2.45) is 0 Å². The molecule has 2 aromatic rings. The molecule has 2 aromatic heterocycles. The largest absolute Gasteiger partial charge is 0.388 e. The van der Waals surface area contributed by atoms with Crippen LogP contribution in [0, 0.1) is 0 Å². The Balaban J connectivity index is 1.96. The second kappa shape index (κ2) is 6.12. The summed E-state index contributed by atoms with van der Waals surface area (Å²) in [6, 6.07) is 10.0. The fraction of sp³-hybridized carbons (Fsp3) is 0.286. The number of nitrogens with one attached hydrogen (secondary N) is 1. The number of rotatable bonds is 5. The molecule has 0 saturated carbocycles. The second-order valence-electron chi connectivity index (χ2n) is 4.28. The minimum Gasteiger partial charge on any atom is -0.388 e. The smallest absolute Gasteiger partial charge is 0.0564 e. The summed E-state index contributed by atoms with van der Waals surface area (Å²) in [5.74, 6) is 0. The number of aromatic nitrogens is 2. The zero-order valence-corrected chi connectivity index (χ0v) is 10.8. The standard InChI is InChI=1S/C14H18N4/c1-15-12-6-8-17-14(9-12)11-18(2)10-13-5-3-4-7-16-13/h3-9H,10-11H2,1-2H3,(H,15,17). The van der Waals surface area contributed by atoms with Crippen LogP contribution in [0.15, 0.2) is 42.7 Å². The quantitative estimate of drug-likeness (QED) is 0.872. The number of hydrogen-bond acceptors (Lipinski definition) is 4. The lowest BCUT2D eigenvalue weighted by molar-refractivity contribution is 0.311. The third kappa shape index (κ3) is 3.53. The van der Waals surface area contributed by atoms with E-state index in [-0.39, 0.29) is 0 Å². The average molecular weight is 242 g/mol. The van der Waals surface area contributed by atoms with Gasteiger partial charge in [-0.25, -0.2) is 0 Å². The summed E-state index contributed by atoms with van der Waals surface area (Å²) >= 11 is 0. The molecule has 2 rings (SSSR count). The molecule has 18 heavy (non-hydrogen) atoms.